The Hall–Kier alpha value is -4.59. The third-order valence-corrected chi connectivity index (χ3v) is 9.58. The first-order chi connectivity index (χ1) is 23.1. The molecular weight excluding hydrogens is 636 g/mol. The highest BCUT2D eigenvalue weighted by molar-refractivity contribution is 8.13. The van der Waals surface area contributed by atoms with Crippen molar-refractivity contribution >= 4 is 57.3 Å². The summed E-state index contributed by atoms with van der Waals surface area (Å²) in [4.78, 5) is 66.7. The number of para-hydroxylation sites is 1. The number of anilines is 2. The summed E-state index contributed by atoms with van der Waals surface area (Å²) in [6.07, 6.45) is 0.562. The number of carbonyl (C=O) groups excluding carboxylic acids is 4. The van der Waals surface area contributed by atoms with E-state index in [0.29, 0.717) is 85.4 Å². The Labute approximate surface area is 284 Å². The number of benzene rings is 2. The zero-order chi connectivity index (χ0) is 34.4. The normalized spacial score (nSPS) is 17.5. The van der Waals surface area contributed by atoms with Crippen LogP contribution in [0.4, 0.5) is 11.8 Å². The topological polar surface area (TPSA) is 144 Å². The molecule has 2 saturated heterocycles. The van der Waals surface area contributed by atoms with Crippen LogP contribution in [0.25, 0.3) is 10.9 Å². The summed E-state index contributed by atoms with van der Waals surface area (Å²) in [5.74, 6) is 1.57. The number of ether oxygens (including phenoxy) is 3. The minimum absolute atomic E-state index is 0.0523. The molecule has 0 radical (unpaired) electrons. The molecule has 5 rings (SSSR count). The van der Waals surface area contributed by atoms with Gasteiger partial charge in [-0.3, -0.25) is 19.2 Å². The van der Waals surface area contributed by atoms with Crippen LogP contribution in [-0.4, -0.2) is 107 Å². The molecule has 0 saturated carbocycles. The molecule has 3 heterocycles. The van der Waals surface area contributed by atoms with Crippen LogP contribution in [0.3, 0.4) is 0 Å². The number of thioether (sulfide) groups is 1. The van der Waals surface area contributed by atoms with Crippen LogP contribution in [0, 0.1) is 5.92 Å². The van der Waals surface area contributed by atoms with Crippen molar-refractivity contribution in [2.24, 2.45) is 5.92 Å². The van der Waals surface area contributed by atoms with Crippen LogP contribution in [0.1, 0.15) is 33.6 Å². The maximum atomic E-state index is 13.8. The Balaban J connectivity index is 1.35. The summed E-state index contributed by atoms with van der Waals surface area (Å²) in [7, 11) is 3.06. The lowest BCUT2D eigenvalue weighted by Crippen LogP contribution is -2.52. The number of likely N-dealkylation sites (tertiary alicyclic amines) is 1. The van der Waals surface area contributed by atoms with Gasteiger partial charge in [-0.15, -0.1) is 0 Å². The first-order valence-electron chi connectivity index (χ1n) is 16.0. The standard InChI is InChI=1S/C34H42N6O7S/c1-21(20-48-23(3)41)32(43)40-13-9-12-27(40)31(42)36-30-25-18-28(45-4)29(46-5)19-26(25)35-34(37-30)39-16-14-38(15-17-39)33(44)22(2)47-24-10-7-6-8-11-24/h6-8,10-11,18-19,21-22,27H,9,12-17,20H2,1-5H3,(H,35,36,37,42)/t21?,22?,27-/m0/s1. The summed E-state index contributed by atoms with van der Waals surface area (Å²) in [6.45, 7) is 7.28. The Morgan fingerprint density at radius 2 is 1.62 bits per heavy atom. The fourth-order valence-electron chi connectivity index (χ4n) is 5.92. The highest BCUT2D eigenvalue weighted by Crippen LogP contribution is 2.35. The molecule has 0 bridgehead atoms. The molecule has 2 unspecified atom stereocenters. The number of methoxy groups -OCH3 is 2. The van der Waals surface area contributed by atoms with Crippen molar-refractivity contribution < 1.29 is 33.4 Å². The minimum Gasteiger partial charge on any atom is -0.493 e. The number of fused-ring (bicyclic) bond motifs is 1. The number of hydrogen-bond acceptors (Lipinski definition) is 11. The monoisotopic (exact) mass is 678 g/mol. The average Bonchev–Trinajstić information content (AvgIpc) is 3.60. The third kappa shape index (κ3) is 7.92. The van der Waals surface area contributed by atoms with Crippen molar-refractivity contribution in [2.75, 3.05) is 62.9 Å². The van der Waals surface area contributed by atoms with Gasteiger partial charge in [0.05, 0.1) is 19.7 Å². The molecule has 1 aromatic heterocycles. The van der Waals surface area contributed by atoms with E-state index in [2.05, 4.69) is 5.32 Å². The van der Waals surface area contributed by atoms with Crippen LogP contribution < -0.4 is 24.4 Å². The second-order valence-corrected chi connectivity index (χ2v) is 13.1. The number of aromatic nitrogens is 2. The maximum Gasteiger partial charge on any atom is 0.263 e. The quantitative estimate of drug-likeness (QED) is 0.318. The number of amides is 3. The van der Waals surface area contributed by atoms with E-state index in [9.17, 15) is 19.2 Å². The van der Waals surface area contributed by atoms with Crippen molar-refractivity contribution in [3.05, 3.63) is 42.5 Å². The van der Waals surface area contributed by atoms with Crippen LogP contribution in [0.15, 0.2) is 42.5 Å². The van der Waals surface area contributed by atoms with Gasteiger partial charge in [0.25, 0.3) is 5.91 Å². The largest absolute Gasteiger partial charge is 0.493 e. The molecule has 2 aliphatic heterocycles. The summed E-state index contributed by atoms with van der Waals surface area (Å²) in [6, 6.07) is 12.0. The Morgan fingerprint density at radius 3 is 2.29 bits per heavy atom. The highest BCUT2D eigenvalue weighted by atomic mass is 32.2. The molecule has 13 nitrogen and oxygen atoms in total. The molecule has 2 fully saturated rings. The van der Waals surface area contributed by atoms with E-state index < -0.39 is 18.1 Å². The molecule has 2 aromatic carbocycles. The van der Waals surface area contributed by atoms with E-state index in [4.69, 9.17) is 24.2 Å². The summed E-state index contributed by atoms with van der Waals surface area (Å²) in [5.41, 5.74) is 0.533. The Morgan fingerprint density at radius 1 is 0.938 bits per heavy atom. The molecule has 2 aliphatic rings. The number of rotatable bonds is 11. The number of carbonyl (C=O) groups is 4. The van der Waals surface area contributed by atoms with E-state index in [1.54, 1.807) is 35.8 Å². The van der Waals surface area contributed by atoms with Gasteiger partial charge in [-0.2, -0.15) is 4.98 Å². The van der Waals surface area contributed by atoms with E-state index >= 15 is 0 Å². The van der Waals surface area contributed by atoms with Gasteiger partial charge < -0.3 is 34.2 Å². The number of hydrogen-bond donors (Lipinski definition) is 1. The SMILES string of the molecule is COc1cc2nc(N3CCN(C(=O)C(C)Oc4ccccc4)CC3)nc(NC(=O)[C@@H]3CCCN3C(=O)C(C)CSC(C)=O)c2cc1OC. The van der Waals surface area contributed by atoms with Crippen molar-refractivity contribution in [1.29, 1.82) is 0 Å². The van der Waals surface area contributed by atoms with E-state index in [1.165, 1.54) is 21.1 Å². The molecule has 3 aromatic rings. The van der Waals surface area contributed by atoms with Crippen molar-refractivity contribution in [3.8, 4) is 17.2 Å². The first-order valence-corrected chi connectivity index (χ1v) is 17.0. The zero-order valence-electron chi connectivity index (χ0n) is 27.9. The van der Waals surface area contributed by atoms with Crippen LogP contribution in [-0.2, 0) is 19.2 Å². The summed E-state index contributed by atoms with van der Waals surface area (Å²) >= 11 is 1.11. The average molecular weight is 679 g/mol. The van der Waals surface area contributed by atoms with Gasteiger partial charge in [0, 0.05) is 62.8 Å². The second kappa shape index (κ2) is 15.5. The zero-order valence-corrected chi connectivity index (χ0v) is 28.7. The molecule has 3 atom stereocenters. The number of nitrogens with one attached hydrogen (secondary N) is 1. The minimum atomic E-state index is -0.675. The molecule has 3 amide bonds. The lowest BCUT2D eigenvalue weighted by atomic mass is 10.1. The lowest BCUT2D eigenvalue weighted by Gasteiger charge is -2.36. The fourth-order valence-corrected chi connectivity index (χ4v) is 6.54. The third-order valence-electron chi connectivity index (χ3n) is 8.51. The highest BCUT2D eigenvalue weighted by Gasteiger charge is 2.37. The van der Waals surface area contributed by atoms with Gasteiger partial charge in [-0.1, -0.05) is 36.9 Å². The van der Waals surface area contributed by atoms with Gasteiger partial charge >= 0.3 is 0 Å². The molecule has 14 heteroatoms. The molecule has 0 spiro atoms. The molecular formula is C34H42N6O7S. The van der Waals surface area contributed by atoms with Gasteiger partial charge in [0.15, 0.2) is 22.7 Å². The van der Waals surface area contributed by atoms with Crippen molar-refractivity contribution in [2.45, 2.75) is 45.8 Å². The smallest absolute Gasteiger partial charge is 0.263 e. The molecule has 1 N–H and O–H groups in total. The van der Waals surface area contributed by atoms with Gasteiger partial charge in [-0.25, -0.2) is 4.98 Å². The molecule has 48 heavy (non-hydrogen) atoms. The molecule has 0 aliphatic carbocycles. The van der Waals surface area contributed by atoms with Gasteiger partial charge in [0.2, 0.25) is 17.8 Å². The van der Waals surface area contributed by atoms with Gasteiger partial charge in [-0.05, 0) is 38.0 Å². The van der Waals surface area contributed by atoms with Crippen molar-refractivity contribution in [1.82, 2.24) is 19.8 Å². The van der Waals surface area contributed by atoms with Crippen molar-refractivity contribution in [3.63, 3.8) is 0 Å². The summed E-state index contributed by atoms with van der Waals surface area (Å²) < 4.78 is 16.9. The van der Waals surface area contributed by atoms with E-state index in [-0.39, 0.29) is 28.7 Å². The molecule has 256 valence electrons. The first kappa shape index (κ1) is 34.7. The fraction of sp³-hybridized carbons (Fsp3) is 0.471. The van der Waals surface area contributed by atoms with Crippen LogP contribution in [0.2, 0.25) is 0 Å². The number of nitrogens with zero attached hydrogens (tertiary/aromatic N) is 5. The van der Waals surface area contributed by atoms with Crippen LogP contribution in [0.5, 0.6) is 17.2 Å². The van der Waals surface area contributed by atoms with E-state index in [1.807, 2.05) is 35.2 Å². The Kier molecular flexibility index (Phi) is 11.2. The van der Waals surface area contributed by atoms with E-state index in [0.717, 1.165) is 11.8 Å². The second-order valence-electron chi connectivity index (χ2n) is 11.9. The van der Waals surface area contributed by atoms with Crippen LogP contribution >= 0.6 is 11.8 Å². The maximum absolute atomic E-state index is 13.8. The predicted molar refractivity (Wildman–Crippen MR) is 184 cm³/mol. The predicted octanol–water partition coefficient (Wildman–Crippen LogP) is 3.61. The lowest BCUT2D eigenvalue weighted by molar-refractivity contribution is -0.139. The van der Waals surface area contributed by atoms with Gasteiger partial charge in [0.1, 0.15) is 17.6 Å². The number of piperazine rings is 1. The Bertz CT molecular complexity index is 1650. The summed E-state index contributed by atoms with van der Waals surface area (Å²) in [5, 5.41) is 3.48.